The Morgan fingerprint density at radius 3 is 3.20 bits per heavy atom. The first-order chi connectivity index (χ1) is 9.85. The predicted molar refractivity (Wildman–Crippen MR) is 85.5 cm³/mol. The van der Waals surface area contributed by atoms with Gasteiger partial charge in [-0.3, -0.25) is 9.89 Å². The van der Waals surface area contributed by atoms with Gasteiger partial charge >= 0.3 is 0 Å². The first kappa shape index (κ1) is 14.7. The number of ether oxygens (including phenoxy) is 1. The first-order valence-electron chi connectivity index (χ1n) is 8.13. The van der Waals surface area contributed by atoms with Gasteiger partial charge in [0.2, 0.25) is 0 Å². The minimum Gasteiger partial charge on any atom is -0.374 e. The molecule has 0 aromatic heterocycles. The fraction of sp³-hybridized carbons (Fsp3) is 0.933. The maximum absolute atomic E-state index is 5.82. The lowest BCUT2D eigenvalue weighted by atomic mass is 9.86. The highest BCUT2D eigenvalue weighted by Crippen LogP contribution is 2.31. The third-order valence-corrected chi connectivity index (χ3v) is 5.88. The van der Waals surface area contributed by atoms with E-state index in [0.717, 1.165) is 43.9 Å². The summed E-state index contributed by atoms with van der Waals surface area (Å²) < 4.78 is 5.82. The van der Waals surface area contributed by atoms with E-state index < -0.39 is 0 Å². The van der Waals surface area contributed by atoms with Crippen molar-refractivity contribution in [2.75, 3.05) is 38.5 Å². The summed E-state index contributed by atoms with van der Waals surface area (Å²) in [4.78, 5) is 7.23. The van der Waals surface area contributed by atoms with Crippen LogP contribution in [0.2, 0.25) is 0 Å². The highest BCUT2D eigenvalue weighted by atomic mass is 32.2. The Bertz CT molecular complexity index is 350. The zero-order valence-corrected chi connectivity index (χ0v) is 13.3. The maximum Gasteiger partial charge on any atom is 0.156 e. The number of hydrogen-bond acceptors (Lipinski definition) is 4. The number of likely N-dealkylation sites (N-methyl/N-ethyl adjacent to an activating group) is 1. The van der Waals surface area contributed by atoms with Crippen molar-refractivity contribution in [3.63, 3.8) is 0 Å². The summed E-state index contributed by atoms with van der Waals surface area (Å²) in [6.07, 6.45) is 5.80. The molecule has 0 aromatic rings. The Hall–Kier alpha value is -0.260. The summed E-state index contributed by atoms with van der Waals surface area (Å²) >= 11 is 1.91. The third kappa shape index (κ3) is 3.68. The molecule has 3 rings (SSSR count). The van der Waals surface area contributed by atoms with Crippen molar-refractivity contribution in [1.82, 2.24) is 10.2 Å². The molecule has 0 radical (unpaired) electrons. The molecule has 3 unspecified atom stereocenters. The molecule has 0 spiro atoms. The van der Waals surface area contributed by atoms with E-state index in [1.54, 1.807) is 0 Å². The van der Waals surface area contributed by atoms with E-state index in [-0.39, 0.29) is 6.10 Å². The van der Waals surface area contributed by atoms with Gasteiger partial charge in [-0.2, -0.15) is 0 Å². The first-order valence-corrected chi connectivity index (χ1v) is 9.11. The van der Waals surface area contributed by atoms with Gasteiger partial charge in [-0.25, -0.2) is 0 Å². The van der Waals surface area contributed by atoms with Crippen LogP contribution in [0, 0.1) is 5.92 Å². The predicted octanol–water partition coefficient (Wildman–Crippen LogP) is 1.96. The van der Waals surface area contributed by atoms with Crippen molar-refractivity contribution < 1.29 is 4.74 Å². The van der Waals surface area contributed by atoms with Crippen LogP contribution < -0.4 is 5.32 Å². The fourth-order valence-electron chi connectivity index (χ4n) is 3.44. The quantitative estimate of drug-likeness (QED) is 0.864. The molecule has 3 atom stereocenters. The number of aliphatic imine (C=N–C) groups is 1. The second kappa shape index (κ2) is 7.14. The van der Waals surface area contributed by atoms with E-state index in [1.165, 1.54) is 31.4 Å². The molecule has 5 heteroatoms. The Kier molecular flexibility index (Phi) is 5.24. The third-order valence-electron chi connectivity index (χ3n) is 4.76. The zero-order valence-electron chi connectivity index (χ0n) is 12.5. The molecule has 1 N–H and O–H groups in total. The van der Waals surface area contributed by atoms with Crippen molar-refractivity contribution in [2.24, 2.45) is 10.9 Å². The molecule has 0 bridgehead atoms. The van der Waals surface area contributed by atoms with E-state index in [4.69, 9.17) is 9.73 Å². The van der Waals surface area contributed by atoms with E-state index in [0.29, 0.717) is 6.04 Å². The average molecular weight is 297 g/mol. The van der Waals surface area contributed by atoms with Crippen molar-refractivity contribution in [3.8, 4) is 0 Å². The molecule has 4 nitrogen and oxygen atoms in total. The topological polar surface area (TPSA) is 36.9 Å². The largest absolute Gasteiger partial charge is 0.374 e. The summed E-state index contributed by atoms with van der Waals surface area (Å²) in [6.45, 7) is 7.10. The van der Waals surface area contributed by atoms with Crippen LogP contribution in [0.4, 0.5) is 0 Å². The van der Waals surface area contributed by atoms with Crippen LogP contribution in [0.5, 0.6) is 0 Å². The molecule has 1 saturated carbocycles. The normalized spacial score (nSPS) is 37.5. The molecular weight excluding hydrogens is 270 g/mol. The number of nitrogens with zero attached hydrogens (tertiary/aromatic N) is 2. The number of morpholine rings is 1. The second-order valence-corrected chi connectivity index (χ2v) is 7.15. The van der Waals surface area contributed by atoms with E-state index >= 15 is 0 Å². The molecule has 20 heavy (non-hydrogen) atoms. The molecule has 2 heterocycles. The minimum atomic E-state index is 0.280. The highest BCUT2D eigenvalue weighted by Gasteiger charge is 2.30. The molecule has 2 aliphatic heterocycles. The number of rotatable bonds is 3. The lowest BCUT2D eigenvalue weighted by molar-refractivity contribution is -0.0209. The van der Waals surface area contributed by atoms with E-state index in [1.807, 2.05) is 11.8 Å². The summed E-state index contributed by atoms with van der Waals surface area (Å²) in [5.41, 5.74) is 0. The molecule has 3 fully saturated rings. The van der Waals surface area contributed by atoms with E-state index in [9.17, 15) is 0 Å². The SMILES string of the molecule is CCN1CCOC(CN=C2NC3CCCCC3CS2)C1. The summed E-state index contributed by atoms with van der Waals surface area (Å²) in [5.74, 6) is 2.12. The van der Waals surface area contributed by atoms with Gasteiger partial charge in [0.05, 0.1) is 19.3 Å². The van der Waals surface area contributed by atoms with Gasteiger partial charge in [0, 0.05) is 24.9 Å². The van der Waals surface area contributed by atoms with Gasteiger partial charge in [-0.1, -0.05) is 31.5 Å². The van der Waals surface area contributed by atoms with Gasteiger partial charge in [0.1, 0.15) is 0 Å². The van der Waals surface area contributed by atoms with Crippen LogP contribution in [0.15, 0.2) is 4.99 Å². The maximum atomic E-state index is 5.82. The second-order valence-electron chi connectivity index (χ2n) is 6.14. The molecular formula is C15H27N3OS. The molecule has 1 aliphatic carbocycles. The van der Waals surface area contributed by atoms with Gasteiger partial charge in [-0.15, -0.1) is 0 Å². The monoisotopic (exact) mass is 297 g/mol. The molecule has 0 amide bonds. The van der Waals surface area contributed by atoms with Gasteiger partial charge in [-0.05, 0) is 25.3 Å². The van der Waals surface area contributed by atoms with Crippen LogP contribution in [0.3, 0.4) is 0 Å². The fourth-order valence-corrected chi connectivity index (χ4v) is 4.61. The Labute approximate surface area is 126 Å². The van der Waals surface area contributed by atoms with Gasteiger partial charge < -0.3 is 10.1 Å². The molecule has 114 valence electrons. The van der Waals surface area contributed by atoms with Crippen LogP contribution in [-0.4, -0.2) is 60.8 Å². The Morgan fingerprint density at radius 1 is 1.40 bits per heavy atom. The molecule has 3 aliphatic rings. The van der Waals surface area contributed by atoms with Crippen LogP contribution in [-0.2, 0) is 4.74 Å². The number of hydrogen-bond donors (Lipinski definition) is 1. The average Bonchev–Trinajstić information content (AvgIpc) is 2.53. The smallest absolute Gasteiger partial charge is 0.156 e. The molecule has 2 saturated heterocycles. The van der Waals surface area contributed by atoms with Crippen molar-refractivity contribution >= 4 is 16.9 Å². The summed E-state index contributed by atoms with van der Waals surface area (Å²) in [5, 5.41) is 4.82. The number of thioether (sulfide) groups is 1. The standard InChI is InChI=1S/C15H27N3OS/c1-2-18-7-8-19-13(10-18)9-16-15-17-14-6-4-3-5-12(14)11-20-15/h12-14H,2-11H2,1H3,(H,16,17). The Balaban J connectivity index is 1.49. The number of nitrogens with one attached hydrogen (secondary N) is 1. The summed E-state index contributed by atoms with van der Waals surface area (Å²) in [6, 6.07) is 0.683. The van der Waals surface area contributed by atoms with E-state index in [2.05, 4.69) is 17.1 Å². The summed E-state index contributed by atoms with van der Waals surface area (Å²) in [7, 11) is 0. The lowest BCUT2D eigenvalue weighted by Gasteiger charge is -2.37. The minimum absolute atomic E-state index is 0.280. The number of fused-ring (bicyclic) bond motifs is 1. The van der Waals surface area contributed by atoms with Gasteiger partial charge in [0.15, 0.2) is 5.17 Å². The lowest BCUT2D eigenvalue weighted by Crippen LogP contribution is -2.47. The highest BCUT2D eigenvalue weighted by molar-refractivity contribution is 8.13. The van der Waals surface area contributed by atoms with Gasteiger partial charge in [0.25, 0.3) is 0 Å². The van der Waals surface area contributed by atoms with Crippen LogP contribution >= 0.6 is 11.8 Å². The van der Waals surface area contributed by atoms with Crippen molar-refractivity contribution in [3.05, 3.63) is 0 Å². The van der Waals surface area contributed by atoms with Crippen LogP contribution in [0.25, 0.3) is 0 Å². The van der Waals surface area contributed by atoms with Crippen molar-refractivity contribution in [2.45, 2.75) is 44.8 Å². The Morgan fingerprint density at radius 2 is 2.30 bits per heavy atom. The molecule has 0 aromatic carbocycles. The zero-order chi connectivity index (χ0) is 13.8. The number of amidine groups is 1. The van der Waals surface area contributed by atoms with Crippen molar-refractivity contribution in [1.29, 1.82) is 0 Å². The van der Waals surface area contributed by atoms with Crippen LogP contribution in [0.1, 0.15) is 32.6 Å².